The maximum atomic E-state index is 13.3. The number of nitro benzene ring substituents is 1. The molecule has 0 aliphatic rings. The van der Waals surface area contributed by atoms with E-state index >= 15 is 0 Å². The Morgan fingerprint density at radius 3 is 2.33 bits per heavy atom. The molecule has 0 unspecified atom stereocenters. The van der Waals surface area contributed by atoms with E-state index in [9.17, 15) is 24.8 Å². The Bertz CT molecular complexity index is 1620. The molecule has 0 aromatic heterocycles. The largest absolute Gasteiger partial charge is 0.480 e. The fourth-order valence-corrected chi connectivity index (χ4v) is 4.80. The molecule has 4 rings (SSSR count). The van der Waals surface area contributed by atoms with E-state index < -0.39 is 22.8 Å². The molecule has 4 aromatic carbocycles. The molecule has 0 heterocycles. The van der Waals surface area contributed by atoms with E-state index in [-0.39, 0.29) is 5.69 Å². The van der Waals surface area contributed by atoms with Crippen molar-refractivity contribution in [2.75, 3.05) is 12.0 Å². The van der Waals surface area contributed by atoms with Gasteiger partial charge in [-0.15, -0.1) is 0 Å². The predicted octanol–water partition coefficient (Wildman–Crippen LogP) is 7.47. The highest BCUT2D eigenvalue weighted by atomic mass is 32.2. The fraction of sp³-hybridized carbons (Fsp3) is 0.152. The fourth-order valence-electron chi connectivity index (χ4n) is 4.33. The number of aliphatic carboxylic acids is 1. The van der Waals surface area contributed by atoms with Gasteiger partial charge >= 0.3 is 5.97 Å². The number of benzene rings is 4. The predicted molar refractivity (Wildman–Crippen MR) is 167 cm³/mol. The highest BCUT2D eigenvalue weighted by Crippen LogP contribution is 2.30. The summed E-state index contributed by atoms with van der Waals surface area (Å²) in [7, 11) is 0. The second kappa shape index (κ2) is 14.1. The summed E-state index contributed by atoms with van der Waals surface area (Å²) in [5.74, 6) is 0.0434. The number of hydrogen-bond acceptors (Lipinski definition) is 6. The molecule has 0 aliphatic carbocycles. The van der Waals surface area contributed by atoms with Crippen LogP contribution in [0.1, 0.15) is 33.5 Å². The Hall–Kier alpha value is -4.89. The van der Waals surface area contributed by atoms with Crippen molar-refractivity contribution in [3.05, 3.63) is 123 Å². The van der Waals surface area contributed by atoms with Crippen LogP contribution in [0.3, 0.4) is 0 Å². The molecule has 8 nitrogen and oxygen atoms in total. The maximum Gasteiger partial charge on any atom is 0.326 e. The first-order valence-corrected chi connectivity index (χ1v) is 14.6. The van der Waals surface area contributed by atoms with Crippen LogP contribution in [0, 0.1) is 17.0 Å². The van der Waals surface area contributed by atoms with Gasteiger partial charge in [-0.3, -0.25) is 14.9 Å². The molecule has 0 fully saturated rings. The van der Waals surface area contributed by atoms with Crippen LogP contribution in [-0.4, -0.2) is 40.0 Å². The van der Waals surface area contributed by atoms with Gasteiger partial charge in [0.15, 0.2) is 0 Å². The number of carboxylic acids is 1. The Morgan fingerprint density at radius 2 is 1.64 bits per heavy atom. The van der Waals surface area contributed by atoms with E-state index in [4.69, 9.17) is 4.74 Å². The molecule has 42 heavy (non-hydrogen) atoms. The van der Waals surface area contributed by atoms with Gasteiger partial charge in [0.05, 0.1) is 11.0 Å². The van der Waals surface area contributed by atoms with Crippen LogP contribution in [0.4, 0.5) is 5.69 Å². The van der Waals surface area contributed by atoms with Gasteiger partial charge in [-0.25, -0.2) is 4.79 Å². The number of thioether (sulfide) groups is 1. The molecule has 0 bridgehead atoms. The zero-order chi connectivity index (χ0) is 30.1. The molecule has 1 amide bonds. The van der Waals surface area contributed by atoms with Gasteiger partial charge in [-0.1, -0.05) is 60.7 Å². The Balaban J connectivity index is 1.56. The highest BCUT2D eigenvalue weighted by molar-refractivity contribution is 7.98. The van der Waals surface area contributed by atoms with Crippen molar-refractivity contribution in [3.63, 3.8) is 0 Å². The lowest BCUT2D eigenvalue weighted by atomic mass is 9.93. The van der Waals surface area contributed by atoms with Crippen molar-refractivity contribution in [1.29, 1.82) is 0 Å². The van der Waals surface area contributed by atoms with E-state index in [0.29, 0.717) is 34.8 Å². The maximum absolute atomic E-state index is 13.3. The minimum absolute atomic E-state index is 0.0436. The van der Waals surface area contributed by atoms with Crippen molar-refractivity contribution in [2.24, 2.45) is 0 Å². The monoisotopic (exact) mass is 582 g/mol. The van der Waals surface area contributed by atoms with Gasteiger partial charge in [-0.05, 0) is 83.5 Å². The quantitative estimate of drug-likeness (QED) is 0.101. The summed E-state index contributed by atoms with van der Waals surface area (Å²) in [6.07, 6.45) is 6.08. The third-order valence-electron chi connectivity index (χ3n) is 6.55. The van der Waals surface area contributed by atoms with Crippen molar-refractivity contribution in [3.8, 4) is 22.6 Å². The van der Waals surface area contributed by atoms with E-state index in [0.717, 1.165) is 22.3 Å². The first-order chi connectivity index (χ1) is 20.2. The average Bonchev–Trinajstić information content (AvgIpc) is 2.99. The molecule has 0 saturated heterocycles. The number of rotatable bonds is 12. The number of nitrogens with zero attached hydrogens (tertiary/aromatic N) is 1. The molecular weight excluding hydrogens is 552 g/mol. The number of nitro groups is 1. The van der Waals surface area contributed by atoms with Crippen molar-refractivity contribution in [1.82, 2.24) is 5.32 Å². The smallest absolute Gasteiger partial charge is 0.326 e. The van der Waals surface area contributed by atoms with Crippen LogP contribution < -0.4 is 10.1 Å². The van der Waals surface area contributed by atoms with Crippen LogP contribution >= 0.6 is 11.8 Å². The third kappa shape index (κ3) is 7.86. The minimum Gasteiger partial charge on any atom is -0.480 e. The number of carboxylic acid groups (broad SMARTS) is 1. The van der Waals surface area contributed by atoms with Gasteiger partial charge in [0.1, 0.15) is 17.5 Å². The van der Waals surface area contributed by atoms with Gasteiger partial charge in [0, 0.05) is 11.6 Å². The molecule has 4 aromatic rings. The third-order valence-corrected chi connectivity index (χ3v) is 7.19. The zero-order valence-electron chi connectivity index (χ0n) is 23.2. The van der Waals surface area contributed by atoms with Gasteiger partial charge in [0.25, 0.3) is 11.6 Å². The lowest BCUT2D eigenvalue weighted by Gasteiger charge is -2.17. The summed E-state index contributed by atoms with van der Waals surface area (Å²) in [6.45, 7) is 1.97. The summed E-state index contributed by atoms with van der Waals surface area (Å²) >= 11 is 1.53. The summed E-state index contributed by atoms with van der Waals surface area (Å²) in [5, 5.41) is 23.3. The van der Waals surface area contributed by atoms with E-state index in [2.05, 4.69) is 5.32 Å². The summed E-state index contributed by atoms with van der Waals surface area (Å²) < 4.78 is 5.76. The van der Waals surface area contributed by atoms with Crippen molar-refractivity contribution >= 4 is 41.5 Å². The Morgan fingerprint density at radius 1 is 0.929 bits per heavy atom. The summed E-state index contributed by atoms with van der Waals surface area (Å²) in [6, 6.07) is 25.5. The van der Waals surface area contributed by atoms with E-state index in [1.807, 2.05) is 73.9 Å². The highest BCUT2D eigenvalue weighted by Gasteiger charge is 2.22. The van der Waals surface area contributed by atoms with E-state index in [1.54, 1.807) is 30.3 Å². The second-order valence-electron chi connectivity index (χ2n) is 9.52. The van der Waals surface area contributed by atoms with Crippen LogP contribution in [-0.2, 0) is 4.79 Å². The molecule has 0 radical (unpaired) electrons. The first kappa shape index (κ1) is 30.1. The molecule has 1 atom stereocenters. The van der Waals surface area contributed by atoms with Crippen molar-refractivity contribution in [2.45, 2.75) is 19.4 Å². The number of non-ortho nitro benzene ring substituents is 1. The van der Waals surface area contributed by atoms with Gasteiger partial charge < -0.3 is 15.2 Å². The van der Waals surface area contributed by atoms with Crippen LogP contribution in [0.2, 0.25) is 0 Å². The minimum atomic E-state index is -1.06. The number of nitrogens with one attached hydrogen (secondary N) is 1. The molecule has 0 aliphatic heterocycles. The second-order valence-corrected chi connectivity index (χ2v) is 10.5. The van der Waals surface area contributed by atoms with Crippen LogP contribution in [0.15, 0.2) is 91.0 Å². The Labute approximate surface area is 248 Å². The Kier molecular flexibility index (Phi) is 10.1. The number of aryl methyl sites for hydroxylation is 1. The van der Waals surface area contributed by atoms with Crippen LogP contribution in [0.5, 0.6) is 11.5 Å². The van der Waals surface area contributed by atoms with Crippen molar-refractivity contribution < 1.29 is 24.4 Å². The SMILES string of the molecule is CSCC[C@H](NC(=O)c1ccc(C=Cc2ccc(Oc3cccc([N+](=O)[O-])c3)cc2)cc1-c1ccccc1C)C(=O)O. The summed E-state index contributed by atoms with van der Waals surface area (Å²) in [4.78, 5) is 35.6. The first-order valence-electron chi connectivity index (χ1n) is 13.2. The number of ether oxygens (including phenoxy) is 1. The lowest BCUT2D eigenvalue weighted by Crippen LogP contribution is -2.41. The number of amides is 1. The molecule has 0 saturated carbocycles. The number of carbonyl (C=O) groups excluding carboxylic acids is 1. The normalized spacial score (nSPS) is 11.7. The molecule has 214 valence electrons. The number of hydrogen-bond donors (Lipinski definition) is 2. The summed E-state index contributed by atoms with van der Waals surface area (Å²) in [5.41, 5.74) is 4.71. The standard InChI is InChI=1S/C33H30N2O6S/c1-22-6-3-4-9-28(22)30-20-24(14-17-29(30)32(36)34-31(33(37)38)18-19-42-2)11-10-23-12-15-26(16-13-23)41-27-8-5-7-25(21-27)35(39)40/h3-17,20-21,31H,18-19H2,1-2H3,(H,34,36)(H,37,38)/t31-/m0/s1. The van der Waals surface area contributed by atoms with E-state index in [1.165, 1.54) is 23.9 Å². The lowest BCUT2D eigenvalue weighted by molar-refractivity contribution is -0.384. The zero-order valence-corrected chi connectivity index (χ0v) is 24.0. The average molecular weight is 583 g/mol. The molecule has 9 heteroatoms. The number of carbonyl (C=O) groups is 2. The van der Waals surface area contributed by atoms with Crippen LogP contribution in [0.25, 0.3) is 23.3 Å². The van der Waals surface area contributed by atoms with Gasteiger partial charge in [0.2, 0.25) is 0 Å². The topological polar surface area (TPSA) is 119 Å². The van der Waals surface area contributed by atoms with Gasteiger partial charge in [-0.2, -0.15) is 11.8 Å². The molecular formula is C33H30N2O6S. The molecule has 2 N–H and O–H groups in total. The molecule has 0 spiro atoms.